The normalized spacial score (nSPS) is 13.1. The van der Waals surface area contributed by atoms with Crippen LogP contribution in [0.4, 0.5) is 4.39 Å². The lowest BCUT2D eigenvalue weighted by atomic mass is 10.1. The Morgan fingerprint density at radius 2 is 1.76 bits per heavy atom. The van der Waals surface area contributed by atoms with Crippen LogP contribution in [0.1, 0.15) is 31.9 Å². The molecule has 0 aliphatic heterocycles. The number of hydrogen-bond donors (Lipinski definition) is 1. The van der Waals surface area contributed by atoms with E-state index in [9.17, 15) is 18.9 Å². The van der Waals surface area contributed by atoms with Crippen molar-refractivity contribution in [1.29, 1.82) is 0 Å². The van der Waals surface area contributed by atoms with Crippen molar-refractivity contribution in [1.82, 2.24) is 0 Å². The van der Waals surface area contributed by atoms with Gasteiger partial charge in [-0.05, 0) is 31.5 Å². The van der Waals surface area contributed by atoms with Crippen LogP contribution in [0.25, 0.3) is 0 Å². The summed E-state index contributed by atoms with van der Waals surface area (Å²) in [5.74, 6) is -0.855. The molecule has 1 N–H and O–H groups in total. The van der Waals surface area contributed by atoms with Crippen molar-refractivity contribution < 1.29 is 27.9 Å². The zero-order valence-electron chi connectivity index (χ0n) is 12.1. The van der Waals surface area contributed by atoms with Gasteiger partial charge in [0.2, 0.25) is 0 Å². The van der Waals surface area contributed by atoms with Crippen molar-refractivity contribution in [2.75, 3.05) is 19.4 Å². The molecule has 0 aliphatic rings. The number of hydrogen-bond acceptors (Lipinski definition) is 5. The fourth-order valence-electron chi connectivity index (χ4n) is 1.82. The average Bonchev–Trinajstić information content (AvgIpc) is 2.39. The molecule has 0 aromatic heterocycles. The Balaban J connectivity index is 2.63. The second-order valence-electron chi connectivity index (χ2n) is 4.41. The second-order valence-corrected chi connectivity index (χ2v) is 6.47. The summed E-state index contributed by atoms with van der Waals surface area (Å²) < 4.78 is 35.0. The Morgan fingerprint density at radius 1 is 1.24 bits per heavy atom. The summed E-state index contributed by atoms with van der Waals surface area (Å²) in [6, 6.07) is 5.21. The third kappa shape index (κ3) is 6.06. The van der Waals surface area contributed by atoms with E-state index in [-0.39, 0.29) is 25.8 Å². The first kappa shape index (κ1) is 18.0. The van der Waals surface area contributed by atoms with Crippen molar-refractivity contribution in [2.45, 2.75) is 26.4 Å². The highest BCUT2D eigenvalue weighted by Gasteiger charge is 2.28. The number of aliphatic hydroxyl groups excluding tert-OH is 1. The molecular weight excluding hydrogens is 298 g/mol. The van der Waals surface area contributed by atoms with E-state index >= 15 is 0 Å². The molecule has 1 aromatic carbocycles. The van der Waals surface area contributed by atoms with Crippen molar-refractivity contribution in [3.05, 3.63) is 35.6 Å². The van der Waals surface area contributed by atoms with Crippen LogP contribution in [-0.2, 0) is 18.4 Å². The van der Waals surface area contributed by atoms with E-state index in [1.807, 2.05) is 0 Å². The maximum absolute atomic E-state index is 12.8. The molecular formula is C14H20FO5P. The van der Waals surface area contributed by atoms with E-state index in [2.05, 4.69) is 0 Å². The molecule has 0 saturated heterocycles. The van der Waals surface area contributed by atoms with E-state index in [1.54, 1.807) is 13.8 Å². The summed E-state index contributed by atoms with van der Waals surface area (Å²) in [6.07, 6.45) is -1.68. The Morgan fingerprint density at radius 3 is 2.24 bits per heavy atom. The minimum Gasteiger partial charge on any atom is -0.388 e. The number of carbonyl (C=O) groups excluding carboxylic acids is 1. The number of carbonyl (C=O) groups is 1. The predicted molar refractivity (Wildman–Crippen MR) is 76.7 cm³/mol. The number of benzene rings is 1. The van der Waals surface area contributed by atoms with Crippen LogP contribution in [0.15, 0.2) is 24.3 Å². The number of ketones is 1. The molecule has 0 spiro atoms. The highest BCUT2D eigenvalue weighted by atomic mass is 31.2. The smallest absolute Gasteiger partial charge is 0.338 e. The van der Waals surface area contributed by atoms with Crippen LogP contribution in [0.2, 0.25) is 0 Å². The molecule has 21 heavy (non-hydrogen) atoms. The van der Waals surface area contributed by atoms with Crippen LogP contribution in [-0.4, -0.2) is 30.3 Å². The fourth-order valence-corrected chi connectivity index (χ4v) is 3.43. The molecule has 1 atom stereocenters. The topological polar surface area (TPSA) is 72.8 Å². The van der Waals surface area contributed by atoms with Gasteiger partial charge in [-0.2, -0.15) is 0 Å². The molecule has 118 valence electrons. The summed E-state index contributed by atoms with van der Waals surface area (Å²) in [5, 5.41) is 9.92. The molecule has 0 aliphatic carbocycles. The summed E-state index contributed by atoms with van der Waals surface area (Å²) in [4.78, 5) is 11.9. The molecule has 0 heterocycles. The number of rotatable bonds is 9. The quantitative estimate of drug-likeness (QED) is 0.708. The van der Waals surface area contributed by atoms with E-state index in [0.717, 1.165) is 0 Å². The molecule has 0 radical (unpaired) electrons. The van der Waals surface area contributed by atoms with Crippen LogP contribution < -0.4 is 0 Å². The zero-order valence-corrected chi connectivity index (χ0v) is 13.0. The third-order valence-corrected chi connectivity index (χ3v) is 4.74. The minimum atomic E-state index is -3.45. The average molecular weight is 318 g/mol. The van der Waals surface area contributed by atoms with Crippen molar-refractivity contribution in [2.24, 2.45) is 0 Å². The maximum atomic E-state index is 12.8. The first-order valence-electron chi connectivity index (χ1n) is 6.73. The number of aliphatic hydroxyl groups is 1. The summed E-state index contributed by atoms with van der Waals surface area (Å²) >= 11 is 0. The summed E-state index contributed by atoms with van der Waals surface area (Å²) in [5.41, 5.74) is 0.424. The molecule has 0 bridgehead atoms. The highest BCUT2D eigenvalue weighted by molar-refractivity contribution is 7.54. The molecule has 1 aromatic rings. The fraction of sp³-hybridized carbons (Fsp3) is 0.500. The monoisotopic (exact) mass is 318 g/mol. The van der Waals surface area contributed by atoms with Crippen molar-refractivity contribution >= 4 is 13.4 Å². The van der Waals surface area contributed by atoms with Gasteiger partial charge >= 0.3 is 7.60 Å². The van der Waals surface area contributed by atoms with Crippen LogP contribution in [0.5, 0.6) is 0 Å². The Labute approximate surface area is 123 Å². The Hall–Kier alpha value is -1.07. The van der Waals surface area contributed by atoms with Gasteiger partial charge in [-0.25, -0.2) is 4.39 Å². The summed E-state index contributed by atoms with van der Waals surface area (Å²) in [7, 11) is -3.45. The van der Waals surface area contributed by atoms with E-state index in [1.165, 1.54) is 24.3 Å². The molecule has 0 fully saturated rings. The van der Waals surface area contributed by atoms with Gasteiger partial charge in [0.1, 0.15) is 17.8 Å². The van der Waals surface area contributed by atoms with E-state index in [4.69, 9.17) is 9.05 Å². The first-order valence-corrected chi connectivity index (χ1v) is 8.46. The molecule has 7 heteroatoms. The van der Waals surface area contributed by atoms with Gasteiger partial charge < -0.3 is 14.2 Å². The third-order valence-electron chi connectivity index (χ3n) is 2.70. The molecule has 0 amide bonds. The van der Waals surface area contributed by atoms with Crippen molar-refractivity contribution in [3.63, 3.8) is 0 Å². The molecule has 1 rings (SSSR count). The van der Waals surface area contributed by atoms with Gasteiger partial charge in [0.25, 0.3) is 0 Å². The SMILES string of the molecule is CCOP(=O)(CC(=O)C[C@@H](O)c1ccc(F)cc1)OCC. The summed E-state index contributed by atoms with van der Waals surface area (Å²) in [6.45, 7) is 3.66. The van der Waals surface area contributed by atoms with Gasteiger partial charge in [-0.15, -0.1) is 0 Å². The highest BCUT2D eigenvalue weighted by Crippen LogP contribution is 2.48. The zero-order chi connectivity index (χ0) is 15.9. The lowest BCUT2D eigenvalue weighted by Crippen LogP contribution is -2.13. The Bertz CT molecular complexity index is 493. The van der Waals surface area contributed by atoms with Crippen LogP contribution in [0, 0.1) is 5.82 Å². The van der Waals surface area contributed by atoms with E-state index in [0.29, 0.717) is 5.56 Å². The van der Waals surface area contributed by atoms with Crippen LogP contribution in [0.3, 0.4) is 0 Å². The molecule has 0 unspecified atom stereocenters. The molecule has 0 saturated carbocycles. The van der Waals surface area contributed by atoms with E-state index < -0.39 is 25.3 Å². The van der Waals surface area contributed by atoms with Gasteiger partial charge in [0.05, 0.1) is 19.3 Å². The van der Waals surface area contributed by atoms with Gasteiger partial charge in [-0.1, -0.05) is 12.1 Å². The van der Waals surface area contributed by atoms with Crippen molar-refractivity contribution in [3.8, 4) is 0 Å². The maximum Gasteiger partial charge on any atom is 0.338 e. The molecule has 5 nitrogen and oxygen atoms in total. The lowest BCUT2D eigenvalue weighted by Gasteiger charge is -2.17. The minimum absolute atomic E-state index is 0.172. The van der Waals surface area contributed by atoms with Gasteiger partial charge in [0.15, 0.2) is 0 Å². The lowest BCUT2D eigenvalue weighted by molar-refractivity contribution is -0.118. The predicted octanol–water partition coefficient (Wildman–Crippen LogP) is 3.08. The standard InChI is InChI=1S/C14H20FO5P/c1-3-19-21(18,20-4-2)10-13(16)9-14(17)11-5-7-12(15)8-6-11/h5-8,14,17H,3-4,9-10H2,1-2H3/t14-/m1/s1. The van der Waals surface area contributed by atoms with Gasteiger partial charge in [0, 0.05) is 6.42 Å². The van der Waals surface area contributed by atoms with Crippen LogP contribution >= 0.6 is 7.60 Å². The largest absolute Gasteiger partial charge is 0.388 e. The Kier molecular flexibility index (Phi) is 7.18. The second kappa shape index (κ2) is 8.39. The number of halogens is 1. The number of Topliss-reactive ketones (excluding diaryl/α,β-unsaturated/α-hetero) is 1. The first-order chi connectivity index (χ1) is 9.90. The van der Waals surface area contributed by atoms with Gasteiger partial charge in [-0.3, -0.25) is 9.36 Å².